The van der Waals surface area contributed by atoms with Crippen LogP contribution in [0.1, 0.15) is 48.6 Å². The molecule has 35 heavy (non-hydrogen) atoms. The van der Waals surface area contributed by atoms with E-state index in [1.807, 2.05) is 25.0 Å². The average Bonchev–Trinajstić information content (AvgIpc) is 3.23. The Morgan fingerprint density at radius 1 is 1.29 bits per heavy atom. The Morgan fingerprint density at radius 3 is 2.80 bits per heavy atom. The van der Waals surface area contributed by atoms with Crippen LogP contribution < -0.4 is 15.5 Å². The highest BCUT2D eigenvalue weighted by molar-refractivity contribution is 7.98. The highest BCUT2D eigenvalue weighted by atomic mass is 32.2. The molecule has 0 aromatic carbocycles. The number of carbonyl (C=O) groups excluding carboxylic acids is 2. The molecule has 0 radical (unpaired) electrons. The van der Waals surface area contributed by atoms with Crippen molar-refractivity contribution in [2.45, 2.75) is 52.1 Å². The van der Waals surface area contributed by atoms with Gasteiger partial charge in [-0.2, -0.15) is 17.0 Å². The Balaban J connectivity index is 1.52. The number of thioether (sulfide) groups is 1. The van der Waals surface area contributed by atoms with Gasteiger partial charge in [0.2, 0.25) is 5.91 Å². The maximum absolute atomic E-state index is 13.2. The van der Waals surface area contributed by atoms with Gasteiger partial charge < -0.3 is 10.2 Å². The summed E-state index contributed by atoms with van der Waals surface area (Å²) >= 11 is 1.72. The van der Waals surface area contributed by atoms with Crippen molar-refractivity contribution < 1.29 is 9.59 Å². The largest absolute Gasteiger partial charge is 0.381 e. The van der Waals surface area contributed by atoms with Crippen LogP contribution >= 0.6 is 11.8 Å². The zero-order valence-electron chi connectivity index (χ0n) is 20.4. The number of amides is 3. The number of aromatic nitrogens is 2. The van der Waals surface area contributed by atoms with Crippen LogP contribution in [0.2, 0.25) is 0 Å². The lowest BCUT2D eigenvalue weighted by atomic mass is 10.0. The van der Waals surface area contributed by atoms with Gasteiger partial charge in [-0.05, 0) is 56.6 Å². The average molecular weight is 494 g/mol. The van der Waals surface area contributed by atoms with Gasteiger partial charge in [-0.25, -0.2) is 14.8 Å². The number of pyridine rings is 2. The van der Waals surface area contributed by atoms with Crippen LogP contribution in [-0.2, 0) is 17.8 Å². The third-order valence-electron chi connectivity index (χ3n) is 6.31. The van der Waals surface area contributed by atoms with Crippen molar-refractivity contribution in [2.75, 3.05) is 40.6 Å². The van der Waals surface area contributed by atoms with Crippen LogP contribution in [0.3, 0.4) is 0 Å². The Labute approximate surface area is 210 Å². The minimum atomic E-state index is -0.305. The summed E-state index contributed by atoms with van der Waals surface area (Å²) < 4.78 is 0. The quantitative estimate of drug-likeness (QED) is 0.601. The van der Waals surface area contributed by atoms with Crippen LogP contribution in [0.4, 0.5) is 22.1 Å². The standard InChI is InChI=1S/C25H31N7O2S/c1-16(15-35-3)28-21-11-22(27-13-20(21)12-26)30-25(34)32-9-4-6-18-10-19(17(2)29-24(18)32)14-31-8-5-7-23(31)33/h10-11,13,16H,4-9,14-15H2,1-3H3,(H2,27,28,30,34)/t16-/m1/s1. The summed E-state index contributed by atoms with van der Waals surface area (Å²) in [7, 11) is 0. The number of rotatable bonds is 7. The van der Waals surface area contributed by atoms with E-state index in [1.165, 1.54) is 6.20 Å². The van der Waals surface area contributed by atoms with Crippen molar-refractivity contribution in [1.82, 2.24) is 14.9 Å². The topological polar surface area (TPSA) is 114 Å². The SMILES string of the molecule is CSC[C@@H](C)Nc1cc(NC(=O)N2CCCc3cc(CN4CCCC4=O)c(C)nc32)ncc1C#N. The van der Waals surface area contributed by atoms with E-state index in [1.54, 1.807) is 22.7 Å². The summed E-state index contributed by atoms with van der Waals surface area (Å²) in [5, 5.41) is 15.6. The molecule has 2 N–H and O–H groups in total. The first-order valence-corrected chi connectivity index (χ1v) is 13.3. The van der Waals surface area contributed by atoms with E-state index >= 15 is 0 Å². The van der Waals surface area contributed by atoms with Crippen molar-refractivity contribution in [1.29, 1.82) is 5.26 Å². The molecule has 184 valence electrons. The van der Waals surface area contributed by atoms with Gasteiger partial charge in [-0.3, -0.25) is 15.0 Å². The molecule has 10 heteroatoms. The van der Waals surface area contributed by atoms with E-state index in [-0.39, 0.29) is 18.0 Å². The van der Waals surface area contributed by atoms with Gasteiger partial charge in [0.05, 0.1) is 11.3 Å². The van der Waals surface area contributed by atoms with E-state index in [0.717, 1.165) is 48.4 Å². The number of nitrogens with zero attached hydrogens (tertiary/aromatic N) is 5. The fourth-order valence-corrected chi connectivity index (χ4v) is 5.12. The number of aryl methyl sites for hydroxylation is 2. The number of fused-ring (bicyclic) bond motifs is 1. The molecule has 4 heterocycles. The maximum atomic E-state index is 13.2. The molecule has 3 amide bonds. The molecule has 4 rings (SSSR count). The van der Waals surface area contributed by atoms with Crippen LogP contribution in [0, 0.1) is 18.3 Å². The van der Waals surface area contributed by atoms with Gasteiger partial charge in [0.1, 0.15) is 17.7 Å². The molecule has 0 bridgehead atoms. The molecule has 2 aromatic heterocycles. The van der Waals surface area contributed by atoms with Gasteiger partial charge in [-0.15, -0.1) is 0 Å². The lowest BCUT2D eigenvalue weighted by molar-refractivity contribution is -0.128. The highest BCUT2D eigenvalue weighted by Gasteiger charge is 2.27. The van der Waals surface area contributed by atoms with E-state index in [9.17, 15) is 14.9 Å². The van der Waals surface area contributed by atoms with E-state index in [2.05, 4.69) is 27.8 Å². The molecule has 2 aliphatic rings. The number of urea groups is 1. The third-order valence-corrected chi connectivity index (χ3v) is 7.15. The highest BCUT2D eigenvalue weighted by Crippen LogP contribution is 2.29. The van der Waals surface area contributed by atoms with Gasteiger partial charge in [0.15, 0.2) is 0 Å². The summed E-state index contributed by atoms with van der Waals surface area (Å²) in [6.45, 7) is 5.88. The number of likely N-dealkylation sites (tertiary alicyclic amines) is 1. The Kier molecular flexibility index (Phi) is 7.76. The summed E-state index contributed by atoms with van der Waals surface area (Å²) in [6, 6.07) is 5.80. The molecule has 0 saturated carbocycles. The first-order valence-electron chi connectivity index (χ1n) is 11.9. The number of anilines is 3. The van der Waals surface area contributed by atoms with Crippen molar-refractivity contribution in [3.05, 3.63) is 40.7 Å². The number of hydrogen-bond donors (Lipinski definition) is 2. The monoisotopic (exact) mass is 493 g/mol. The molecule has 1 atom stereocenters. The zero-order chi connectivity index (χ0) is 24.9. The molecule has 2 aromatic rings. The maximum Gasteiger partial charge on any atom is 0.328 e. The van der Waals surface area contributed by atoms with E-state index in [0.29, 0.717) is 42.4 Å². The third kappa shape index (κ3) is 5.68. The number of nitriles is 1. The van der Waals surface area contributed by atoms with Gasteiger partial charge in [0.25, 0.3) is 0 Å². The molecule has 1 fully saturated rings. The van der Waals surface area contributed by atoms with E-state index in [4.69, 9.17) is 4.98 Å². The Hall–Kier alpha value is -3.32. The fourth-order valence-electron chi connectivity index (χ4n) is 4.53. The van der Waals surface area contributed by atoms with Crippen molar-refractivity contribution in [3.8, 4) is 6.07 Å². The number of nitrogens with one attached hydrogen (secondary N) is 2. The predicted octanol–water partition coefficient (Wildman–Crippen LogP) is 3.93. The predicted molar refractivity (Wildman–Crippen MR) is 139 cm³/mol. The van der Waals surface area contributed by atoms with Crippen LogP contribution in [0.25, 0.3) is 0 Å². The van der Waals surface area contributed by atoms with Crippen molar-refractivity contribution >= 4 is 41.0 Å². The summed E-state index contributed by atoms with van der Waals surface area (Å²) in [5.41, 5.74) is 3.95. The second-order valence-electron chi connectivity index (χ2n) is 9.05. The lowest BCUT2D eigenvalue weighted by Crippen LogP contribution is -2.40. The van der Waals surface area contributed by atoms with Crippen LogP contribution in [0.5, 0.6) is 0 Å². The minimum Gasteiger partial charge on any atom is -0.381 e. The zero-order valence-corrected chi connectivity index (χ0v) is 21.2. The van der Waals surface area contributed by atoms with E-state index < -0.39 is 0 Å². The molecule has 0 unspecified atom stereocenters. The van der Waals surface area contributed by atoms with Gasteiger partial charge >= 0.3 is 6.03 Å². The molecule has 0 spiro atoms. The lowest BCUT2D eigenvalue weighted by Gasteiger charge is -2.30. The second kappa shape index (κ2) is 11.0. The molecule has 0 aliphatic carbocycles. The molecular weight excluding hydrogens is 462 g/mol. The summed E-state index contributed by atoms with van der Waals surface area (Å²) in [4.78, 5) is 37.9. The van der Waals surface area contributed by atoms with Gasteiger partial charge in [-0.1, -0.05) is 0 Å². The molecule has 2 aliphatic heterocycles. The first-order chi connectivity index (χ1) is 16.9. The second-order valence-corrected chi connectivity index (χ2v) is 9.96. The fraction of sp³-hybridized carbons (Fsp3) is 0.480. The van der Waals surface area contributed by atoms with Crippen LogP contribution in [-0.4, -0.2) is 57.9 Å². The summed E-state index contributed by atoms with van der Waals surface area (Å²) in [6.07, 6.45) is 6.69. The number of carbonyl (C=O) groups is 2. The van der Waals surface area contributed by atoms with Crippen molar-refractivity contribution in [3.63, 3.8) is 0 Å². The van der Waals surface area contributed by atoms with Crippen molar-refractivity contribution in [2.24, 2.45) is 0 Å². The normalized spacial score (nSPS) is 16.0. The molecule has 9 nitrogen and oxygen atoms in total. The molecule has 1 saturated heterocycles. The Bertz CT molecular complexity index is 1160. The summed E-state index contributed by atoms with van der Waals surface area (Å²) in [5.74, 6) is 2.11. The smallest absolute Gasteiger partial charge is 0.328 e. The van der Waals surface area contributed by atoms with Gasteiger partial charge in [0, 0.05) is 55.8 Å². The minimum absolute atomic E-state index is 0.161. The first kappa shape index (κ1) is 24.8. The molecular formula is C25H31N7O2S. The van der Waals surface area contributed by atoms with Crippen LogP contribution in [0.15, 0.2) is 18.3 Å². The Morgan fingerprint density at radius 2 is 2.09 bits per heavy atom. The number of hydrogen-bond acceptors (Lipinski definition) is 7.